The fraction of sp³-hybridized carbons (Fsp3) is 0.393. The summed E-state index contributed by atoms with van der Waals surface area (Å²) in [6.07, 6.45) is 0.762. The quantitative estimate of drug-likeness (QED) is 0.477. The van der Waals surface area contributed by atoms with Crippen LogP contribution in [0.4, 0.5) is 11.4 Å². The van der Waals surface area contributed by atoms with Gasteiger partial charge in [-0.3, -0.25) is 24.2 Å². The number of nitrogens with zero attached hydrogens (tertiary/aromatic N) is 2. The summed E-state index contributed by atoms with van der Waals surface area (Å²) in [5.74, 6) is -0.550. The minimum Gasteiger partial charge on any atom is -0.357 e. The van der Waals surface area contributed by atoms with Crippen molar-refractivity contribution in [2.75, 3.05) is 24.3 Å². The highest BCUT2D eigenvalue weighted by Gasteiger charge is 2.43. The minimum absolute atomic E-state index is 0.0494. The van der Waals surface area contributed by atoms with Gasteiger partial charge in [-0.1, -0.05) is 43.1 Å². The molecular formula is C28H32Cl2N4O3. The number of carbonyl (C=O) groups excluding carboxylic acids is 3. The first kappa shape index (κ1) is 27.2. The van der Waals surface area contributed by atoms with Crippen molar-refractivity contribution in [3.63, 3.8) is 0 Å². The van der Waals surface area contributed by atoms with Crippen molar-refractivity contribution in [1.82, 2.24) is 10.2 Å². The third kappa shape index (κ3) is 5.40. The molecule has 0 saturated carbocycles. The largest absolute Gasteiger partial charge is 0.357 e. The van der Waals surface area contributed by atoms with Crippen LogP contribution in [-0.2, 0) is 9.59 Å². The second-order valence-corrected chi connectivity index (χ2v) is 11.6. The molecule has 0 radical (unpaired) electrons. The van der Waals surface area contributed by atoms with E-state index in [1.54, 1.807) is 41.3 Å². The Bertz CT molecular complexity index is 1320. The maximum atomic E-state index is 13.7. The summed E-state index contributed by atoms with van der Waals surface area (Å²) in [6, 6.07) is 9.49. The van der Waals surface area contributed by atoms with Gasteiger partial charge >= 0.3 is 0 Å². The van der Waals surface area contributed by atoms with E-state index in [1.165, 1.54) is 6.92 Å². The Morgan fingerprint density at radius 1 is 1.14 bits per heavy atom. The molecule has 1 aliphatic carbocycles. The molecule has 2 N–H and O–H groups in total. The zero-order valence-corrected chi connectivity index (χ0v) is 23.4. The fourth-order valence-corrected chi connectivity index (χ4v) is 5.46. The third-order valence-electron chi connectivity index (χ3n) is 6.97. The molecule has 2 aliphatic rings. The summed E-state index contributed by atoms with van der Waals surface area (Å²) in [5.41, 5.74) is 3.13. The predicted molar refractivity (Wildman–Crippen MR) is 148 cm³/mol. The summed E-state index contributed by atoms with van der Waals surface area (Å²) in [5, 5.41) is 7.23. The van der Waals surface area contributed by atoms with Crippen LogP contribution in [0.1, 0.15) is 62.5 Å². The van der Waals surface area contributed by atoms with E-state index in [0.717, 1.165) is 5.70 Å². The standard InChI is InChI=1S/C28H32Cl2N4O3/c1-15(33(5)6)31-27(37)17-7-10-23-21(11-17)32-22-13-28(3,4)14-24(36)25(22)26(34(23)16(2)35)19-9-8-18(29)12-20(19)30/h7-12,15,26,32H,13-14H2,1-6H3,(H,31,37). The summed E-state index contributed by atoms with van der Waals surface area (Å²) < 4.78 is 0. The Hall–Kier alpha value is -2.87. The number of Topliss-reactive ketones (excluding diaryl/α,β-unsaturated/α-hetero) is 1. The molecular weight excluding hydrogens is 511 g/mol. The number of fused-ring (bicyclic) bond motifs is 1. The number of hydrogen-bond donors (Lipinski definition) is 2. The lowest BCUT2D eigenvalue weighted by Crippen LogP contribution is -2.42. The first-order valence-corrected chi connectivity index (χ1v) is 12.9. The Kier molecular flexibility index (Phi) is 7.43. The van der Waals surface area contributed by atoms with Crippen LogP contribution < -0.4 is 15.5 Å². The van der Waals surface area contributed by atoms with Crippen LogP contribution in [0.3, 0.4) is 0 Å². The number of amides is 2. The van der Waals surface area contributed by atoms with Gasteiger partial charge in [-0.2, -0.15) is 0 Å². The van der Waals surface area contributed by atoms with E-state index in [0.29, 0.717) is 51.0 Å². The second-order valence-electron chi connectivity index (χ2n) is 10.8. The van der Waals surface area contributed by atoms with Gasteiger partial charge in [0.15, 0.2) is 5.78 Å². The average Bonchev–Trinajstić information content (AvgIpc) is 2.91. The monoisotopic (exact) mass is 542 g/mol. The SMILES string of the molecule is CC(=O)N1c2ccc(C(=O)NC(C)N(C)C)cc2NC2=C(C(=O)CC(C)(C)C2)C1c1ccc(Cl)cc1Cl. The van der Waals surface area contributed by atoms with Gasteiger partial charge < -0.3 is 10.6 Å². The van der Waals surface area contributed by atoms with Crippen LogP contribution in [0, 0.1) is 5.41 Å². The molecule has 37 heavy (non-hydrogen) atoms. The van der Waals surface area contributed by atoms with Crippen molar-refractivity contribution < 1.29 is 14.4 Å². The van der Waals surface area contributed by atoms with Gasteiger partial charge in [0.1, 0.15) is 0 Å². The first-order valence-electron chi connectivity index (χ1n) is 12.2. The summed E-state index contributed by atoms with van der Waals surface area (Å²) in [7, 11) is 3.76. The topological polar surface area (TPSA) is 81.8 Å². The molecule has 0 fully saturated rings. The van der Waals surface area contributed by atoms with Crippen LogP contribution >= 0.6 is 23.2 Å². The average molecular weight is 543 g/mol. The fourth-order valence-electron chi connectivity index (χ4n) is 4.95. The molecule has 2 amide bonds. The van der Waals surface area contributed by atoms with Crippen molar-refractivity contribution in [1.29, 1.82) is 0 Å². The summed E-state index contributed by atoms with van der Waals surface area (Å²) >= 11 is 12.8. The Balaban J connectivity index is 1.93. The number of allylic oxidation sites excluding steroid dienone is 1. The number of carbonyl (C=O) groups is 3. The minimum atomic E-state index is -0.747. The molecule has 2 aromatic carbocycles. The zero-order chi connectivity index (χ0) is 27.2. The van der Waals surface area contributed by atoms with Crippen molar-refractivity contribution in [2.24, 2.45) is 5.41 Å². The molecule has 0 saturated heterocycles. The molecule has 0 spiro atoms. The smallest absolute Gasteiger partial charge is 0.252 e. The van der Waals surface area contributed by atoms with E-state index in [4.69, 9.17) is 23.2 Å². The van der Waals surface area contributed by atoms with E-state index in [-0.39, 0.29) is 29.2 Å². The lowest BCUT2D eigenvalue weighted by Gasteiger charge is -2.37. The van der Waals surface area contributed by atoms with E-state index in [9.17, 15) is 14.4 Å². The van der Waals surface area contributed by atoms with E-state index in [1.807, 2.05) is 39.8 Å². The van der Waals surface area contributed by atoms with Crippen LogP contribution in [0.2, 0.25) is 10.0 Å². The Morgan fingerprint density at radius 3 is 2.46 bits per heavy atom. The van der Waals surface area contributed by atoms with Crippen molar-refractivity contribution >= 4 is 52.2 Å². The number of rotatable bonds is 4. The van der Waals surface area contributed by atoms with E-state index < -0.39 is 6.04 Å². The van der Waals surface area contributed by atoms with Gasteiger partial charge in [0, 0.05) is 40.2 Å². The van der Waals surface area contributed by atoms with Crippen LogP contribution in [0.5, 0.6) is 0 Å². The first-order chi connectivity index (χ1) is 17.3. The highest BCUT2D eigenvalue weighted by Crippen LogP contribution is 2.49. The van der Waals surface area contributed by atoms with Gasteiger partial charge in [-0.15, -0.1) is 0 Å². The molecule has 0 aromatic heterocycles. The van der Waals surface area contributed by atoms with Gasteiger partial charge in [0.25, 0.3) is 5.91 Å². The lowest BCUT2D eigenvalue weighted by molar-refractivity contribution is -0.118. The molecule has 2 atom stereocenters. The van der Waals surface area contributed by atoms with Gasteiger partial charge in [-0.05, 0) is 68.8 Å². The number of ketones is 1. The molecule has 196 valence electrons. The number of benzene rings is 2. The highest BCUT2D eigenvalue weighted by molar-refractivity contribution is 6.35. The van der Waals surface area contributed by atoms with Crippen molar-refractivity contribution in [3.8, 4) is 0 Å². The summed E-state index contributed by atoms with van der Waals surface area (Å²) in [6.45, 7) is 7.44. The molecule has 2 unspecified atom stereocenters. The molecule has 2 aromatic rings. The Morgan fingerprint density at radius 2 is 1.84 bits per heavy atom. The van der Waals surface area contributed by atoms with Crippen LogP contribution in [0.25, 0.3) is 0 Å². The van der Waals surface area contributed by atoms with Gasteiger partial charge in [-0.25, -0.2) is 0 Å². The third-order valence-corrected chi connectivity index (χ3v) is 7.53. The molecule has 9 heteroatoms. The number of halogens is 2. The van der Waals surface area contributed by atoms with Crippen LogP contribution in [0.15, 0.2) is 47.7 Å². The molecule has 4 rings (SSSR count). The number of anilines is 2. The maximum absolute atomic E-state index is 13.7. The number of nitrogens with one attached hydrogen (secondary N) is 2. The van der Waals surface area contributed by atoms with E-state index >= 15 is 0 Å². The molecule has 7 nitrogen and oxygen atoms in total. The molecule has 1 heterocycles. The highest BCUT2D eigenvalue weighted by atomic mass is 35.5. The predicted octanol–water partition coefficient (Wildman–Crippen LogP) is 5.79. The summed E-state index contributed by atoms with van der Waals surface area (Å²) in [4.78, 5) is 43.4. The van der Waals surface area contributed by atoms with Crippen LogP contribution in [-0.4, -0.2) is 42.8 Å². The number of hydrogen-bond acceptors (Lipinski definition) is 5. The lowest BCUT2D eigenvalue weighted by atomic mass is 9.73. The second kappa shape index (κ2) is 10.1. The maximum Gasteiger partial charge on any atom is 0.252 e. The van der Waals surface area contributed by atoms with Gasteiger partial charge in [0.05, 0.1) is 23.6 Å². The van der Waals surface area contributed by atoms with Crippen molar-refractivity contribution in [2.45, 2.75) is 52.7 Å². The normalized spacial score (nSPS) is 19.5. The molecule has 1 aliphatic heterocycles. The Labute approximate surface area is 227 Å². The van der Waals surface area contributed by atoms with E-state index in [2.05, 4.69) is 10.6 Å². The zero-order valence-electron chi connectivity index (χ0n) is 21.9. The van der Waals surface area contributed by atoms with Crippen molar-refractivity contribution in [3.05, 3.63) is 68.8 Å². The van der Waals surface area contributed by atoms with Gasteiger partial charge in [0.2, 0.25) is 5.91 Å². The molecule has 0 bridgehead atoms.